The number of amides is 1. The summed E-state index contributed by atoms with van der Waals surface area (Å²) in [4.78, 5) is 35.2. The predicted octanol–water partition coefficient (Wildman–Crippen LogP) is 8.20. The van der Waals surface area contributed by atoms with Gasteiger partial charge in [-0.25, -0.2) is 19.3 Å². The lowest BCUT2D eigenvalue weighted by atomic mass is 9.49. The number of nitriles is 1. The minimum atomic E-state index is -0.382. The van der Waals surface area contributed by atoms with E-state index in [9.17, 15) is 14.4 Å². The van der Waals surface area contributed by atoms with Crippen molar-refractivity contribution >= 4 is 34.5 Å². The van der Waals surface area contributed by atoms with Gasteiger partial charge >= 0.3 is 0 Å². The number of pyridine rings is 1. The van der Waals surface area contributed by atoms with E-state index in [1.54, 1.807) is 50.0 Å². The van der Waals surface area contributed by atoms with Crippen LogP contribution in [0, 0.1) is 28.0 Å². The van der Waals surface area contributed by atoms with Crippen LogP contribution in [-0.2, 0) is 14.2 Å². The number of anilines is 1. The standard InChI is InChI=1S/C50H60ClFN8O6/c1-49(2)46(50(3,4)47(49)66-37-8-6-33(29-53)41(51)27-37)58-45(61)34-30-55-48(56-31-34)60-18-13-36(14-19-60)65-25-24-64-23-22-63-21-20-59-16-11-32(12-17-59)42-28-40-38(10-15-54-44(40)57-42)39-9-7-35(52)26-43(39)62-5/h6-10,15,26-28,30-32,36,46-47H,11-14,16-25H2,1-5H3,(H,54,57)(H,58,61). The van der Waals surface area contributed by atoms with Gasteiger partial charge in [0.15, 0.2) is 0 Å². The zero-order valence-corrected chi connectivity index (χ0v) is 39.2. The van der Waals surface area contributed by atoms with Crippen LogP contribution in [0.4, 0.5) is 10.3 Å². The topological polar surface area (TPSA) is 160 Å². The number of ether oxygens (including phenoxy) is 5. The first-order chi connectivity index (χ1) is 31.8. The number of rotatable bonds is 18. The molecule has 5 heterocycles. The second kappa shape index (κ2) is 20.7. The van der Waals surface area contributed by atoms with Crippen molar-refractivity contribution < 1.29 is 32.9 Å². The number of aromatic nitrogens is 4. The van der Waals surface area contributed by atoms with Gasteiger partial charge < -0.3 is 43.8 Å². The van der Waals surface area contributed by atoms with E-state index in [-0.39, 0.29) is 40.8 Å². The Morgan fingerprint density at radius 3 is 2.30 bits per heavy atom. The average molecular weight is 924 g/mol. The van der Waals surface area contributed by atoms with Gasteiger partial charge in [0.25, 0.3) is 5.91 Å². The number of nitrogens with zero attached hydrogens (tertiary/aromatic N) is 6. The Morgan fingerprint density at radius 1 is 0.894 bits per heavy atom. The molecule has 0 bridgehead atoms. The van der Waals surface area contributed by atoms with Crippen LogP contribution in [0.2, 0.25) is 5.02 Å². The number of likely N-dealkylation sites (tertiary alicyclic amines) is 1. The number of halogens is 2. The number of H-pyrrole nitrogens is 1. The molecule has 350 valence electrons. The van der Waals surface area contributed by atoms with Crippen LogP contribution in [0.1, 0.15) is 80.9 Å². The summed E-state index contributed by atoms with van der Waals surface area (Å²) in [6, 6.07) is 15.7. The number of piperidine rings is 2. The minimum Gasteiger partial charge on any atom is -0.496 e. The predicted molar refractivity (Wildman–Crippen MR) is 251 cm³/mol. The molecule has 14 nitrogen and oxygen atoms in total. The molecule has 3 aromatic heterocycles. The van der Waals surface area contributed by atoms with Gasteiger partial charge in [-0.3, -0.25) is 4.79 Å². The molecule has 0 radical (unpaired) electrons. The lowest BCUT2D eigenvalue weighted by molar-refractivity contribution is -0.164. The molecule has 16 heteroatoms. The van der Waals surface area contributed by atoms with E-state index in [2.05, 4.69) is 74.9 Å². The highest BCUT2D eigenvalue weighted by atomic mass is 35.5. The third-order valence-electron chi connectivity index (χ3n) is 13.6. The van der Waals surface area contributed by atoms with E-state index >= 15 is 0 Å². The Morgan fingerprint density at radius 2 is 1.61 bits per heavy atom. The molecule has 1 amide bonds. The summed E-state index contributed by atoms with van der Waals surface area (Å²) in [5.74, 6) is 1.54. The SMILES string of the molecule is COc1cc(F)ccc1-c1ccnc2[nH]c(C3CCN(CCOCCOCCOC4CCN(c5ncc(C(=O)NC6C(C)(C)C(Oc7ccc(C#N)c(Cl)c7)C6(C)C)cn5)CC4)CC3)cc12. The summed E-state index contributed by atoms with van der Waals surface area (Å²) < 4.78 is 43.6. The normalized spacial score (nSPS) is 19.9. The molecule has 1 saturated carbocycles. The fourth-order valence-corrected chi connectivity index (χ4v) is 10.5. The van der Waals surface area contributed by atoms with Crippen LogP contribution in [0.25, 0.3) is 22.2 Å². The van der Waals surface area contributed by atoms with Gasteiger partial charge in [0.1, 0.15) is 35.1 Å². The Balaban J connectivity index is 0.673. The quantitative estimate of drug-likeness (QED) is 0.0813. The molecule has 2 aliphatic heterocycles. The van der Waals surface area contributed by atoms with Crippen LogP contribution < -0.4 is 19.7 Å². The lowest BCUT2D eigenvalue weighted by Gasteiger charge is -2.63. The van der Waals surface area contributed by atoms with E-state index in [1.165, 1.54) is 17.8 Å². The molecule has 2 N–H and O–H groups in total. The number of benzene rings is 2. The van der Waals surface area contributed by atoms with Gasteiger partial charge in [0, 0.05) is 89.8 Å². The Labute approximate surface area is 391 Å². The maximum absolute atomic E-state index is 13.9. The molecule has 0 atom stereocenters. The fraction of sp³-hybridized carbons (Fsp3) is 0.500. The molecule has 2 saturated heterocycles. The van der Waals surface area contributed by atoms with E-state index in [4.69, 9.17) is 35.3 Å². The lowest BCUT2D eigenvalue weighted by Crippen LogP contribution is -2.74. The highest BCUT2D eigenvalue weighted by Gasteiger charge is 2.64. The molecular formula is C50H60ClFN8O6. The van der Waals surface area contributed by atoms with Crippen molar-refractivity contribution in [3.63, 3.8) is 0 Å². The number of fused-ring (bicyclic) bond motifs is 1. The van der Waals surface area contributed by atoms with Crippen LogP contribution in [-0.4, -0.2) is 122 Å². The Hall–Kier alpha value is -5.37. The van der Waals surface area contributed by atoms with Crippen LogP contribution >= 0.6 is 11.6 Å². The maximum Gasteiger partial charge on any atom is 0.254 e. The summed E-state index contributed by atoms with van der Waals surface area (Å²) in [7, 11) is 1.56. The molecule has 0 unspecified atom stereocenters. The highest BCUT2D eigenvalue weighted by molar-refractivity contribution is 6.31. The van der Waals surface area contributed by atoms with Gasteiger partial charge in [-0.2, -0.15) is 5.26 Å². The largest absolute Gasteiger partial charge is 0.496 e. The monoisotopic (exact) mass is 922 g/mol. The van der Waals surface area contributed by atoms with Gasteiger partial charge in [0.05, 0.1) is 62.4 Å². The first-order valence-electron chi connectivity index (χ1n) is 22.9. The fourth-order valence-electron chi connectivity index (χ4n) is 10.3. The molecule has 66 heavy (non-hydrogen) atoms. The van der Waals surface area contributed by atoms with Crippen LogP contribution in [0.15, 0.2) is 67.1 Å². The van der Waals surface area contributed by atoms with Gasteiger partial charge in [-0.05, 0) is 80.7 Å². The van der Waals surface area contributed by atoms with Crippen molar-refractivity contribution in [3.05, 3.63) is 94.8 Å². The van der Waals surface area contributed by atoms with Crippen molar-refractivity contribution in [3.8, 4) is 28.7 Å². The smallest absolute Gasteiger partial charge is 0.254 e. The summed E-state index contributed by atoms with van der Waals surface area (Å²) in [5.41, 5.74) is 3.86. The molecule has 3 fully saturated rings. The van der Waals surface area contributed by atoms with Gasteiger partial charge in [0.2, 0.25) is 5.95 Å². The zero-order chi connectivity index (χ0) is 46.4. The average Bonchev–Trinajstić information content (AvgIpc) is 3.77. The number of hydrogen-bond donors (Lipinski definition) is 2. The summed E-state index contributed by atoms with van der Waals surface area (Å²) in [6.45, 7) is 15.5. The number of aromatic amines is 1. The molecule has 5 aromatic rings. The van der Waals surface area contributed by atoms with Crippen LogP contribution in [0.5, 0.6) is 11.5 Å². The van der Waals surface area contributed by atoms with E-state index in [1.807, 2.05) is 6.07 Å². The molecule has 1 aliphatic carbocycles. The Bertz CT molecular complexity index is 2480. The number of carbonyl (C=O) groups is 1. The molecular weight excluding hydrogens is 863 g/mol. The summed E-state index contributed by atoms with van der Waals surface area (Å²) in [6.07, 6.45) is 8.69. The van der Waals surface area contributed by atoms with Gasteiger partial charge in [-0.1, -0.05) is 39.3 Å². The first-order valence-corrected chi connectivity index (χ1v) is 23.3. The highest BCUT2D eigenvalue weighted by Crippen LogP contribution is 2.55. The second-order valence-corrected chi connectivity index (χ2v) is 19.1. The maximum atomic E-state index is 13.9. The van der Waals surface area contributed by atoms with Crippen molar-refractivity contribution in [2.45, 2.75) is 77.5 Å². The summed E-state index contributed by atoms with van der Waals surface area (Å²) >= 11 is 6.24. The van der Waals surface area contributed by atoms with E-state index in [0.717, 1.165) is 80.6 Å². The molecule has 3 aliphatic rings. The van der Waals surface area contributed by atoms with E-state index < -0.39 is 0 Å². The Kier molecular flexibility index (Phi) is 14.7. The molecule has 2 aromatic carbocycles. The third-order valence-corrected chi connectivity index (χ3v) is 13.9. The van der Waals surface area contributed by atoms with Crippen molar-refractivity contribution in [1.29, 1.82) is 5.26 Å². The van der Waals surface area contributed by atoms with Crippen molar-refractivity contribution in [2.24, 2.45) is 10.8 Å². The van der Waals surface area contributed by atoms with Crippen molar-refractivity contribution in [2.75, 3.05) is 77.8 Å². The third kappa shape index (κ3) is 10.4. The number of nitrogens with one attached hydrogen (secondary N) is 2. The minimum absolute atomic E-state index is 0.141. The number of carbonyl (C=O) groups excluding carboxylic acids is 1. The van der Waals surface area contributed by atoms with Crippen LogP contribution in [0.3, 0.4) is 0 Å². The number of methoxy groups -OCH3 is 1. The first kappa shape index (κ1) is 47.1. The molecule has 0 spiro atoms. The number of hydrogen-bond acceptors (Lipinski definition) is 12. The van der Waals surface area contributed by atoms with Gasteiger partial charge in [-0.15, -0.1) is 0 Å². The summed E-state index contributed by atoms with van der Waals surface area (Å²) in [5, 5.41) is 13.8. The van der Waals surface area contributed by atoms with Crippen molar-refractivity contribution in [1.82, 2.24) is 30.2 Å². The second-order valence-electron chi connectivity index (χ2n) is 18.7. The molecule has 8 rings (SSSR count). The zero-order valence-electron chi connectivity index (χ0n) is 38.4. The van der Waals surface area contributed by atoms with E-state index in [0.29, 0.717) is 72.5 Å².